The van der Waals surface area contributed by atoms with Gasteiger partial charge in [0.25, 0.3) is 5.91 Å². The Kier molecular flexibility index (Phi) is 9.74. The van der Waals surface area contributed by atoms with E-state index in [1.807, 2.05) is 54.3 Å². The fourth-order valence-corrected chi connectivity index (χ4v) is 3.47. The summed E-state index contributed by atoms with van der Waals surface area (Å²) in [6, 6.07) is 13.4. The zero-order valence-corrected chi connectivity index (χ0v) is 17.7. The number of benzene rings is 1. The number of nitrogens with one attached hydrogen (secondary N) is 1. The molecular weight excluding hydrogens is 390 g/mol. The Morgan fingerprint density at radius 2 is 1.86 bits per heavy atom. The fraction of sp³-hybridized carbons (Fsp3) is 0.455. The zero-order chi connectivity index (χ0) is 19.6. The van der Waals surface area contributed by atoms with Gasteiger partial charge in [-0.3, -0.25) is 9.78 Å². The zero-order valence-electron chi connectivity index (χ0n) is 16.9. The van der Waals surface area contributed by atoms with Crippen molar-refractivity contribution in [2.75, 3.05) is 26.3 Å². The van der Waals surface area contributed by atoms with Crippen LogP contribution in [0, 0.1) is 0 Å². The summed E-state index contributed by atoms with van der Waals surface area (Å²) in [5.74, 6) is 1.23. The molecule has 1 saturated heterocycles. The molecule has 2 heterocycles. The van der Waals surface area contributed by atoms with E-state index in [4.69, 9.17) is 9.47 Å². The highest BCUT2D eigenvalue weighted by molar-refractivity contribution is 5.85. The normalized spacial score (nSPS) is 16.2. The first kappa shape index (κ1) is 23.0. The summed E-state index contributed by atoms with van der Waals surface area (Å²) in [4.78, 5) is 19.4. The number of amides is 1. The number of aromatic nitrogens is 1. The lowest BCUT2D eigenvalue weighted by Crippen LogP contribution is -2.43. The Labute approximate surface area is 179 Å². The van der Waals surface area contributed by atoms with Gasteiger partial charge in [0.1, 0.15) is 0 Å². The molecule has 158 valence electrons. The van der Waals surface area contributed by atoms with Gasteiger partial charge in [-0.25, -0.2) is 0 Å². The van der Waals surface area contributed by atoms with E-state index in [1.165, 1.54) is 0 Å². The number of carbonyl (C=O) groups is 1. The summed E-state index contributed by atoms with van der Waals surface area (Å²) < 4.78 is 11.4. The van der Waals surface area contributed by atoms with Crippen molar-refractivity contribution in [3.8, 4) is 11.5 Å². The van der Waals surface area contributed by atoms with E-state index in [9.17, 15) is 4.79 Å². The number of pyridine rings is 1. The van der Waals surface area contributed by atoms with E-state index in [1.54, 1.807) is 6.20 Å². The van der Waals surface area contributed by atoms with Crippen LogP contribution >= 0.6 is 12.4 Å². The van der Waals surface area contributed by atoms with E-state index in [2.05, 4.69) is 10.3 Å². The molecule has 0 spiro atoms. The average molecular weight is 420 g/mol. The van der Waals surface area contributed by atoms with Crippen molar-refractivity contribution in [2.24, 2.45) is 0 Å². The van der Waals surface area contributed by atoms with Crippen LogP contribution in [0.15, 0.2) is 48.7 Å². The highest BCUT2D eigenvalue weighted by Gasteiger charge is 2.25. The number of ether oxygens (including phenoxy) is 2. The van der Waals surface area contributed by atoms with E-state index >= 15 is 0 Å². The molecule has 29 heavy (non-hydrogen) atoms. The van der Waals surface area contributed by atoms with Crippen molar-refractivity contribution in [3.05, 3.63) is 54.4 Å². The minimum Gasteiger partial charge on any atom is -0.490 e. The van der Waals surface area contributed by atoms with Crippen LogP contribution in [0.5, 0.6) is 11.5 Å². The Morgan fingerprint density at radius 3 is 2.59 bits per heavy atom. The number of nitrogens with zero attached hydrogens (tertiary/aromatic N) is 2. The molecule has 0 bridgehead atoms. The second kappa shape index (κ2) is 12.3. The van der Waals surface area contributed by atoms with Crippen LogP contribution < -0.4 is 14.8 Å². The van der Waals surface area contributed by atoms with E-state index < -0.39 is 0 Å². The van der Waals surface area contributed by atoms with E-state index in [0.29, 0.717) is 24.7 Å². The first-order valence-corrected chi connectivity index (χ1v) is 10.0. The number of carbonyl (C=O) groups excluding carboxylic acids is 1. The van der Waals surface area contributed by atoms with Gasteiger partial charge in [-0.15, -0.1) is 12.4 Å². The highest BCUT2D eigenvalue weighted by Crippen LogP contribution is 2.26. The number of halogens is 1. The van der Waals surface area contributed by atoms with Crippen LogP contribution in [-0.2, 0) is 11.3 Å². The third-order valence-electron chi connectivity index (χ3n) is 4.86. The Hall–Kier alpha value is -2.31. The van der Waals surface area contributed by atoms with Crippen molar-refractivity contribution >= 4 is 18.3 Å². The van der Waals surface area contributed by atoms with Crippen LogP contribution in [0.3, 0.4) is 0 Å². The van der Waals surface area contributed by atoms with Crippen LogP contribution in [0.25, 0.3) is 0 Å². The SMILES string of the molecule is CCOc1ccccc1OCC(=O)N(Cc1ccccn1)C1CCCNCC1.Cl. The van der Waals surface area contributed by atoms with Crippen molar-refractivity contribution in [2.45, 2.75) is 38.8 Å². The minimum atomic E-state index is -0.0242. The summed E-state index contributed by atoms with van der Waals surface area (Å²) in [6.45, 7) is 4.89. The van der Waals surface area contributed by atoms with Gasteiger partial charge in [0.05, 0.1) is 18.8 Å². The van der Waals surface area contributed by atoms with Gasteiger partial charge in [-0.1, -0.05) is 18.2 Å². The molecule has 0 saturated carbocycles. The largest absolute Gasteiger partial charge is 0.490 e. The molecule has 1 aliphatic rings. The lowest BCUT2D eigenvalue weighted by Gasteiger charge is -2.31. The molecule has 1 aromatic carbocycles. The van der Waals surface area contributed by atoms with Gasteiger partial charge in [-0.2, -0.15) is 0 Å². The Morgan fingerprint density at radius 1 is 1.10 bits per heavy atom. The first-order valence-electron chi connectivity index (χ1n) is 10.0. The highest BCUT2D eigenvalue weighted by atomic mass is 35.5. The molecule has 1 atom stereocenters. The molecule has 1 unspecified atom stereocenters. The van der Waals surface area contributed by atoms with Gasteiger partial charge in [0, 0.05) is 12.2 Å². The second-order valence-electron chi connectivity index (χ2n) is 6.85. The topological polar surface area (TPSA) is 63.7 Å². The predicted molar refractivity (Wildman–Crippen MR) is 116 cm³/mol. The van der Waals surface area contributed by atoms with E-state index in [-0.39, 0.29) is 31.0 Å². The molecule has 3 rings (SSSR count). The maximum Gasteiger partial charge on any atom is 0.261 e. The van der Waals surface area contributed by atoms with Crippen molar-refractivity contribution in [3.63, 3.8) is 0 Å². The van der Waals surface area contributed by atoms with Crippen LogP contribution in [0.2, 0.25) is 0 Å². The lowest BCUT2D eigenvalue weighted by atomic mass is 10.1. The smallest absolute Gasteiger partial charge is 0.261 e. The lowest BCUT2D eigenvalue weighted by molar-refractivity contribution is -0.136. The van der Waals surface area contributed by atoms with Crippen molar-refractivity contribution < 1.29 is 14.3 Å². The van der Waals surface area contributed by atoms with Crippen LogP contribution in [0.1, 0.15) is 31.9 Å². The molecule has 7 heteroatoms. The van der Waals surface area contributed by atoms with Gasteiger partial charge in [0.15, 0.2) is 18.1 Å². The molecule has 1 N–H and O–H groups in total. The van der Waals surface area contributed by atoms with Gasteiger partial charge < -0.3 is 19.7 Å². The van der Waals surface area contributed by atoms with Crippen molar-refractivity contribution in [1.29, 1.82) is 0 Å². The predicted octanol–water partition coefficient (Wildman–Crippen LogP) is 3.45. The number of hydrogen-bond donors (Lipinski definition) is 1. The molecule has 1 fully saturated rings. The second-order valence-corrected chi connectivity index (χ2v) is 6.85. The number of para-hydroxylation sites is 2. The Bertz CT molecular complexity index is 737. The molecular formula is C22H30ClN3O3. The van der Waals surface area contributed by atoms with Crippen molar-refractivity contribution in [1.82, 2.24) is 15.2 Å². The van der Waals surface area contributed by atoms with Crippen LogP contribution in [-0.4, -0.2) is 48.1 Å². The number of hydrogen-bond acceptors (Lipinski definition) is 5. The molecule has 1 aliphatic heterocycles. The first-order chi connectivity index (χ1) is 13.8. The molecule has 6 nitrogen and oxygen atoms in total. The van der Waals surface area contributed by atoms with Gasteiger partial charge >= 0.3 is 0 Å². The quantitative estimate of drug-likeness (QED) is 0.710. The molecule has 0 radical (unpaired) electrons. The molecule has 0 aliphatic carbocycles. The van der Waals surface area contributed by atoms with Gasteiger partial charge in [0.2, 0.25) is 0 Å². The Balaban J connectivity index is 0.00000300. The molecule has 1 aromatic heterocycles. The summed E-state index contributed by atoms with van der Waals surface area (Å²) in [5, 5.41) is 3.41. The van der Waals surface area contributed by atoms with Crippen LogP contribution in [0.4, 0.5) is 0 Å². The molecule has 2 aromatic rings. The maximum atomic E-state index is 13.1. The summed E-state index contributed by atoms with van der Waals surface area (Å²) >= 11 is 0. The summed E-state index contributed by atoms with van der Waals surface area (Å²) in [7, 11) is 0. The third kappa shape index (κ3) is 6.91. The van der Waals surface area contributed by atoms with E-state index in [0.717, 1.165) is 38.0 Å². The third-order valence-corrected chi connectivity index (χ3v) is 4.86. The standard InChI is InChI=1S/C22H29N3O3.ClH/c1-2-27-20-10-3-4-11-21(20)28-17-22(26)25(16-18-8-5-6-14-24-18)19-9-7-13-23-15-12-19;/h3-6,8,10-11,14,19,23H,2,7,9,12-13,15-17H2,1H3;1H. The summed E-state index contributed by atoms with van der Waals surface area (Å²) in [6.07, 6.45) is 4.75. The number of rotatable bonds is 8. The molecule has 1 amide bonds. The fourth-order valence-electron chi connectivity index (χ4n) is 3.47. The maximum absolute atomic E-state index is 13.1. The van der Waals surface area contributed by atoms with Gasteiger partial charge in [-0.05, 0) is 63.5 Å². The minimum absolute atomic E-state index is 0. The summed E-state index contributed by atoms with van der Waals surface area (Å²) in [5.41, 5.74) is 0.891. The average Bonchev–Trinajstić information content (AvgIpc) is 3.01. The monoisotopic (exact) mass is 419 g/mol.